The summed E-state index contributed by atoms with van der Waals surface area (Å²) in [7, 11) is 0. The second kappa shape index (κ2) is 6.30. The lowest BCUT2D eigenvalue weighted by Gasteiger charge is -2.21. The van der Waals surface area contributed by atoms with Gasteiger partial charge in [-0.2, -0.15) is 0 Å². The van der Waals surface area contributed by atoms with Crippen molar-refractivity contribution in [2.45, 2.75) is 27.3 Å². The van der Waals surface area contributed by atoms with Gasteiger partial charge in [-0.3, -0.25) is 9.69 Å². The fraction of sp³-hybridized carbons (Fsp3) is 0.583. The van der Waals surface area contributed by atoms with Gasteiger partial charge in [-0.1, -0.05) is 13.8 Å². The van der Waals surface area contributed by atoms with Gasteiger partial charge in [0.1, 0.15) is 5.82 Å². The fourth-order valence-electron chi connectivity index (χ4n) is 1.71. The van der Waals surface area contributed by atoms with Crippen molar-refractivity contribution >= 4 is 5.97 Å². The van der Waals surface area contributed by atoms with E-state index in [9.17, 15) is 4.79 Å². The number of aromatic nitrogens is 2. The normalized spacial score (nSPS) is 11.1. The first-order valence-electron chi connectivity index (χ1n) is 5.70. The van der Waals surface area contributed by atoms with E-state index in [1.165, 1.54) is 0 Å². The Balaban J connectivity index is 2.67. The van der Waals surface area contributed by atoms with Crippen LogP contribution in [0.5, 0.6) is 0 Å². The first kappa shape index (κ1) is 13.6. The number of carbonyl (C=O) groups is 1. The van der Waals surface area contributed by atoms with E-state index < -0.39 is 5.97 Å². The third-order valence-corrected chi connectivity index (χ3v) is 2.20. The average Bonchev–Trinajstić information content (AvgIpc) is 2.14. The number of carboxylic acids is 1. The Kier molecular flexibility index (Phi) is 5.03. The topological polar surface area (TPSA) is 66.3 Å². The Morgan fingerprint density at radius 1 is 1.53 bits per heavy atom. The van der Waals surface area contributed by atoms with Gasteiger partial charge in [0.15, 0.2) is 0 Å². The van der Waals surface area contributed by atoms with Gasteiger partial charge in [0, 0.05) is 19.3 Å². The van der Waals surface area contributed by atoms with Crippen LogP contribution in [-0.4, -0.2) is 39.0 Å². The second-order valence-electron chi connectivity index (χ2n) is 4.55. The van der Waals surface area contributed by atoms with Gasteiger partial charge in [0.05, 0.1) is 12.2 Å². The summed E-state index contributed by atoms with van der Waals surface area (Å²) < 4.78 is 0. The third kappa shape index (κ3) is 5.40. The van der Waals surface area contributed by atoms with Crippen molar-refractivity contribution in [3.05, 3.63) is 23.8 Å². The smallest absolute Gasteiger partial charge is 0.317 e. The van der Waals surface area contributed by atoms with Crippen LogP contribution in [0.2, 0.25) is 0 Å². The fourth-order valence-corrected chi connectivity index (χ4v) is 1.71. The predicted molar refractivity (Wildman–Crippen MR) is 64.5 cm³/mol. The largest absolute Gasteiger partial charge is 0.480 e. The molecule has 0 aromatic carbocycles. The van der Waals surface area contributed by atoms with E-state index >= 15 is 0 Å². The van der Waals surface area contributed by atoms with Gasteiger partial charge >= 0.3 is 5.97 Å². The summed E-state index contributed by atoms with van der Waals surface area (Å²) in [6.45, 7) is 7.30. The molecule has 1 aromatic heterocycles. The van der Waals surface area contributed by atoms with E-state index in [0.29, 0.717) is 18.3 Å². The van der Waals surface area contributed by atoms with Gasteiger partial charge in [0.2, 0.25) is 0 Å². The summed E-state index contributed by atoms with van der Waals surface area (Å²) in [5.41, 5.74) is 0.861. The number of hydrogen-bond acceptors (Lipinski definition) is 4. The highest BCUT2D eigenvalue weighted by Gasteiger charge is 2.12. The van der Waals surface area contributed by atoms with Gasteiger partial charge in [-0.15, -0.1) is 0 Å². The molecule has 1 rings (SSSR count). The van der Waals surface area contributed by atoms with Gasteiger partial charge in [0.25, 0.3) is 0 Å². The van der Waals surface area contributed by atoms with Crippen LogP contribution in [0.25, 0.3) is 0 Å². The lowest BCUT2D eigenvalue weighted by molar-refractivity contribution is -0.138. The molecule has 0 fully saturated rings. The molecule has 1 heterocycles. The van der Waals surface area contributed by atoms with E-state index in [1.807, 2.05) is 17.9 Å². The monoisotopic (exact) mass is 237 g/mol. The zero-order valence-electron chi connectivity index (χ0n) is 10.6. The summed E-state index contributed by atoms with van der Waals surface area (Å²) >= 11 is 0. The molecule has 17 heavy (non-hydrogen) atoms. The maximum atomic E-state index is 10.8. The molecule has 0 atom stereocenters. The summed E-state index contributed by atoms with van der Waals surface area (Å²) in [4.78, 5) is 21.0. The summed E-state index contributed by atoms with van der Waals surface area (Å²) in [6, 6.07) is 1.82. The van der Waals surface area contributed by atoms with Crippen LogP contribution in [-0.2, 0) is 11.3 Å². The standard InChI is InChI=1S/C12H19N3O2/c1-9(2)6-15(8-12(16)17)7-11-4-5-13-10(3)14-11/h4-5,9H,6-8H2,1-3H3,(H,16,17). The lowest BCUT2D eigenvalue weighted by Crippen LogP contribution is -2.32. The minimum atomic E-state index is -0.809. The van der Waals surface area contributed by atoms with Crippen molar-refractivity contribution in [1.82, 2.24) is 14.9 Å². The zero-order chi connectivity index (χ0) is 12.8. The Hall–Kier alpha value is -1.49. The second-order valence-corrected chi connectivity index (χ2v) is 4.55. The molecule has 0 unspecified atom stereocenters. The van der Waals surface area contributed by atoms with Crippen LogP contribution in [0, 0.1) is 12.8 Å². The van der Waals surface area contributed by atoms with Crippen LogP contribution in [0.4, 0.5) is 0 Å². The van der Waals surface area contributed by atoms with Gasteiger partial charge < -0.3 is 5.11 Å². The molecular formula is C12H19N3O2. The van der Waals surface area contributed by atoms with E-state index in [-0.39, 0.29) is 6.54 Å². The molecule has 0 aliphatic rings. The molecule has 0 saturated heterocycles. The summed E-state index contributed by atoms with van der Waals surface area (Å²) in [5.74, 6) is 0.330. The zero-order valence-corrected chi connectivity index (χ0v) is 10.6. The van der Waals surface area contributed by atoms with Crippen molar-refractivity contribution in [2.75, 3.05) is 13.1 Å². The summed E-state index contributed by atoms with van der Waals surface area (Å²) in [5, 5.41) is 8.85. The van der Waals surface area contributed by atoms with Crippen LogP contribution in [0.1, 0.15) is 25.4 Å². The van der Waals surface area contributed by atoms with Crippen molar-refractivity contribution in [3.63, 3.8) is 0 Å². The van der Waals surface area contributed by atoms with E-state index in [1.54, 1.807) is 6.20 Å². The SMILES string of the molecule is Cc1nccc(CN(CC(=O)O)CC(C)C)n1. The van der Waals surface area contributed by atoms with E-state index in [2.05, 4.69) is 23.8 Å². The minimum Gasteiger partial charge on any atom is -0.480 e. The number of aryl methyl sites for hydroxylation is 1. The number of carboxylic acid groups (broad SMARTS) is 1. The third-order valence-electron chi connectivity index (χ3n) is 2.20. The van der Waals surface area contributed by atoms with E-state index in [4.69, 9.17) is 5.11 Å². The molecule has 0 amide bonds. The highest BCUT2D eigenvalue weighted by molar-refractivity contribution is 5.69. The maximum absolute atomic E-state index is 10.8. The highest BCUT2D eigenvalue weighted by Crippen LogP contribution is 2.05. The Bertz CT molecular complexity index is 380. The molecule has 0 radical (unpaired) electrons. The van der Waals surface area contributed by atoms with Crippen LogP contribution >= 0.6 is 0 Å². The Labute approximate surface area is 102 Å². The number of nitrogens with zero attached hydrogens (tertiary/aromatic N) is 3. The van der Waals surface area contributed by atoms with Gasteiger partial charge in [-0.05, 0) is 18.9 Å². The molecule has 1 aromatic rings. The van der Waals surface area contributed by atoms with Crippen molar-refractivity contribution in [3.8, 4) is 0 Å². The van der Waals surface area contributed by atoms with E-state index in [0.717, 1.165) is 12.2 Å². The molecule has 0 bridgehead atoms. The molecule has 5 nitrogen and oxygen atoms in total. The van der Waals surface area contributed by atoms with Crippen molar-refractivity contribution in [1.29, 1.82) is 0 Å². The molecule has 0 spiro atoms. The maximum Gasteiger partial charge on any atom is 0.317 e. The highest BCUT2D eigenvalue weighted by atomic mass is 16.4. The number of aliphatic carboxylic acids is 1. The quantitative estimate of drug-likeness (QED) is 0.808. The first-order valence-corrected chi connectivity index (χ1v) is 5.70. The number of hydrogen-bond donors (Lipinski definition) is 1. The number of rotatable bonds is 6. The molecule has 1 N–H and O–H groups in total. The minimum absolute atomic E-state index is 0.0429. The predicted octanol–water partition coefficient (Wildman–Crippen LogP) is 1.33. The Morgan fingerprint density at radius 2 is 2.24 bits per heavy atom. The summed E-state index contributed by atoms with van der Waals surface area (Å²) in [6.07, 6.45) is 1.70. The first-order chi connectivity index (χ1) is 7.97. The Morgan fingerprint density at radius 3 is 2.76 bits per heavy atom. The molecule has 0 aliphatic heterocycles. The molecule has 0 aliphatic carbocycles. The lowest BCUT2D eigenvalue weighted by atomic mass is 10.2. The molecule has 0 saturated carbocycles. The van der Waals surface area contributed by atoms with Crippen LogP contribution < -0.4 is 0 Å². The van der Waals surface area contributed by atoms with Crippen LogP contribution in [0.15, 0.2) is 12.3 Å². The van der Waals surface area contributed by atoms with Crippen LogP contribution in [0.3, 0.4) is 0 Å². The van der Waals surface area contributed by atoms with Crippen molar-refractivity contribution < 1.29 is 9.90 Å². The molecular weight excluding hydrogens is 218 g/mol. The van der Waals surface area contributed by atoms with Gasteiger partial charge in [-0.25, -0.2) is 9.97 Å². The molecule has 94 valence electrons. The average molecular weight is 237 g/mol. The molecule has 5 heteroatoms. The van der Waals surface area contributed by atoms with Crippen molar-refractivity contribution in [2.24, 2.45) is 5.92 Å².